The maximum Gasteiger partial charge on any atom is 0.394 e. The van der Waals surface area contributed by atoms with Crippen LogP contribution < -0.4 is 4.90 Å². The Labute approximate surface area is 129 Å². The first kappa shape index (κ1) is 17.0. The van der Waals surface area contributed by atoms with Crippen molar-refractivity contribution in [3.05, 3.63) is 17.8 Å². The number of carbonyl (C=O) groups excluding carboxylic acids is 1. The van der Waals surface area contributed by atoms with Crippen molar-refractivity contribution in [3.63, 3.8) is 0 Å². The summed E-state index contributed by atoms with van der Waals surface area (Å²) in [6, 6.07) is 2.85. The van der Waals surface area contributed by atoms with Gasteiger partial charge in [0, 0.05) is 27.2 Å². The average molecular weight is 332 g/mol. The highest BCUT2D eigenvalue weighted by Gasteiger charge is 2.53. The highest BCUT2D eigenvalue weighted by atomic mass is 19.4. The number of aromatic nitrogens is 2. The van der Waals surface area contributed by atoms with E-state index in [1.54, 1.807) is 19.0 Å². The van der Waals surface area contributed by atoms with Crippen LogP contribution in [0.2, 0.25) is 0 Å². The number of hydrogen-bond donors (Lipinski definition) is 1. The quantitative estimate of drug-likeness (QED) is 0.884. The molecule has 1 aliphatic rings. The van der Waals surface area contributed by atoms with Crippen molar-refractivity contribution in [1.82, 2.24) is 15.1 Å². The van der Waals surface area contributed by atoms with Crippen LogP contribution >= 0.6 is 0 Å². The number of amides is 1. The lowest BCUT2D eigenvalue weighted by molar-refractivity contribution is -0.187. The third kappa shape index (κ3) is 3.51. The lowest BCUT2D eigenvalue weighted by atomic mass is 9.96. The Morgan fingerprint density at radius 3 is 2.30 bits per heavy atom. The average Bonchev–Trinajstić information content (AvgIpc) is 2.92. The third-order valence-corrected chi connectivity index (χ3v) is 3.67. The van der Waals surface area contributed by atoms with E-state index in [4.69, 9.17) is 5.11 Å². The molecule has 2 rings (SSSR count). The first-order valence-corrected chi connectivity index (χ1v) is 6.71. The zero-order chi connectivity index (χ0) is 17.4. The predicted molar refractivity (Wildman–Crippen MR) is 72.9 cm³/mol. The number of halogens is 3. The van der Waals surface area contributed by atoms with Crippen molar-refractivity contribution >= 4 is 17.7 Å². The molecule has 0 unspecified atom stereocenters. The Bertz CT molecular complexity index is 603. The summed E-state index contributed by atoms with van der Waals surface area (Å²) in [5.41, 5.74) is -0.123. The van der Waals surface area contributed by atoms with Gasteiger partial charge in [0.25, 0.3) is 5.91 Å². The van der Waals surface area contributed by atoms with E-state index in [2.05, 4.69) is 10.2 Å². The molecule has 1 aromatic heterocycles. The van der Waals surface area contributed by atoms with Gasteiger partial charge in [0.2, 0.25) is 0 Å². The van der Waals surface area contributed by atoms with E-state index in [9.17, 15) is 22.8 Å². The number of carboxylic acid groups (broad SMARTS) is 1. The molecule has 2 heterocycles. The van der Waals surface area contributed by atoms with Crippen LogP contribution in [0.3, 0.4) is 0 Å². The Hall–Kier alpha value is -2.39. The second-order valence-electron chi connectivity index (χ2n) is 5.47. The number of likely N-dealkylation sites (tertiary alicyclic amines) is 1. The van der Waals surface area contributed by atoms with Crippen LogP contribution in [0.25, 0.3) is 0 Å². The van der Waals surface area contributed by atoms with Gasteiger partial charge >= 0.3 is 12.1 Å². The van der Waals surface area contributed by atoms with Gasteiger partial charge in [-0.15, -0.1) is 10.2 Å². The fraction of sp³-hybridized carbons (Fsp3) is 0.538. The van der Waals surface area contributed by atoms with E-state index in [0.717, 1.165) is 4.90 Å². The summed E-state index contributed by atoms with van der Waals surface area (Å²) in [4.78, 5) is 25.7. The molecule has 10 heteroatoms. The number of alkyl halides is 3. The van der Waals surface area contributed by atoms with Gasteiger partial charge in [-0.05, 0) is 12.1 Å². The van der Waals surface area contributed by atoms with E-state index in [1.807, 2.05) is 0 Å². The molecule has 1 saturated heterocycles. The minimum Gasteiger partial charge on any atom is -0.481 e. The summed E-state index contributed by atoms with van der Waals surface area (Å²) in [6.07, 6.45) is -4.68. The molecule has 0 radical (unpaired) electrons. The topological polar surface area (TPSA) is 86.6 Å². The maximum atomic E-state index is 12.9. The summed E-state index contributed by atoms with van der Waals surface area (Å²) in [5.74, 6) is -5.61. The smallest absolute Gasteiger partial charge is 0.394 e. The van der Waals surface area contributed by atoms with Crippen molar-refractivity contribution in [2.45, 2.75) is 6.18 Å². The maximum absolute atomic E-state index is 12.9. The molecule has 0 aromatic carbocycles. The van der Waals surface area contributed by atoms with Gasteiger partial charge in [-0.25, -0.2) is 0 Å². The zero-order valence-corrected chi connectivity index (χ0v) is 12.4. The van der Waals surface area contributed by atoms with Gasteiger partial charge in [-0.1, -0.05) is 0 Å². The minimum absolute atomic E-state index is 0.123. The van der Waals surface area contributed by atoms with E-state index in [0.29, 0.717) is 5.82 Å². The molecule has 0 aliphatic carbocycles. The molecular weight excluding hydrogens is 317 g/mol. The van der Waals surface area contributed by atoms with Crippen LogP contribution in [0.5, 0.6) is 0 Å². The van der Waals surface area contributed by atoms with E-state index < -0.39 is 43.0 Å². The molecule has 23 heavy (non-hydrogen) atoms. The molecule has 0 bridgehead atoms. The van der Waals surface area contributed by atoms with E-state index in [1.165, 1.54) is 12.1 Å². The van der Waals surface area contributed by atoms with Crippen LogP contribution in [-0.4, -0.2) is 65.4 Å². The molecular formula is C13H15F3N4O3. The van der Waals surface area contributed by atoms with Crippen molar-refractivity contribution < 1.29 is 27.9 Å². The summed E-state index contributed by atoms with van der Waals surface area (Å²) in [6.45, 7) is -1.20. The van der Waals surface area contributed by atoms with Crippen molar-refractivity contribution in [2.75, 3.05) is 32.1 Å². The van der Waals surface area contributed by atoms with Gasteiger partial charge in [0.1, 0.15) is 0 Å². The standard InChI is InChI=1S/C13H15F3N4O3/c1-19(2)10-4-3-9(17-18-10)11(21)20-5-7(12(22)23)8(6-20)13(14,15)16/h3-4,7-8H,5-6H2,1-2H3,(H,22,23)/t7-,8-/m0/s1. The second-order valence-corrected chi connectivity index (χ2v) is 5.47. The first-order valence-electron chi connectivity index (χ1n) is 6.71. The van der Waals surface area contributed by atoms with Crippen LogP contribution in [0.1, 0.15) is 10.5 Å². The number of carboxylic acids is 1. The molecule has 1 aliphatic heterocycles. The number of hydrogen-bond acceptors (Lipinski definition) is 5. The van der Waals surface area contributed by atoms with Gasteiger partial charge < -0.3 is 14.9 Å². The zero-order valence-electron chi connectivity index (χ0n) is 12.4. The SMILES string of the molecule is CN(C)c1ccc(C(=O)N2C[C@H](C(=O)O)[C@@H](C(F)(F)F)C2)nn1. The Balaban J connectivity index is 2.18. The largest absolute Gasteiger partial charge is 0.481 e. The number of aliphatic carboxylic acids is 1. The van der Waals surface area contributed by atoms with E-state index in [-0.39, 0.29) is 5.69 Å². The Morgan fingerprint density at radius 1 is 1.26 bits per heavy atom. The Kier molecular flexibility index (Phi) is 4.44. The fourth-order valence-electron chi connectivity index (χ4n) is 2.39. The second kappa shape index (κ2) is 6.01. The highest BCUT2D eigenvalue weighted by Crippen LogP contribution is 2.38. The molecule has 2 atom stereocenters. The van der Waals surface area contributed by atoms with Crippen LogP contribution in [0.15, 0.2) is 12.1 Å². The highest BCUT2D eigenvalue weighted by molar-refractivity contribution is 5.93. The normalized spacial score (nSPS) is 21.3. The van der Waals surface area contributed by atoms with Crippen molar-refractivity contribution in [2.24, 2.45) is 11.8 Å². The van der Waals surface area contributed by atoms with Crippen molar-refractivity contribution in [3.8, 4) is 0 Å². The number of nitrogens with zero attached hydrogens (tertiary/aromatic N) is 4. The molecule has 1 N–H and O–H groups in total. The van der Waals surface area contributed by atoms with Crippen LogP contribution in [0.4, 0.5) is 19.0 Å². The summed E-state index contributed by atoms with van der Waals surface area (Å²) in [5, 5.41) is 16.4. The summed E-state index contributed by atoms with van der Waals surface area (Å²) >= 11 is 0. The van der Waals surface area contributed by atoms with Gasteiger partial charge in [-0.3, -0.25) is 9.59 Å². The molecule has 126 valence electrons. The molecule has 0 saturated carbocycles. The van der Waals surface area contributed by atoms with Crippen LogP contribution in [0, 0.1) is 11.8 Å². The lowest BCUT2D eigenvalue weighted by Gasteiger charge is -2.18. The number of anilines is 1. The van der Waals surface area contributed by atoms with Crippen LogP contribution in [-0.2, 0) is 4.79 Å². The van der Waals surface area contributed by atoms with E-state index >= 15 is 0 Å². The third-order valence-electron chi connectivity index (χ3n) is 3.67. The Morgan fingerprint density at radius 2 is 1.91 bits per heavy atom. The predicted octanol–water partition coefficient (Wildman–Crippen LogP) is 0.878. The molecule has 7 nitrogen and oxygen atoms in total. The number of carbonyl (C=O) groups is 2. The fourth-order valence-corrected chi connectivity index (χ4v) is 2.39. The molecule has 1 fully saturated rings. The molecule has 0 spiro atoms. The molecule has 1 aromatic rings. The lowest BCUT2D eigenvalue weighted by Crippen LogP contribution is -2.34. The first-order chi connectivity index (χ1) is 10.6. The monoisotopic (exact) mass is 332 g/mol. The van der Waals surface area contributed by atoms with Gasteiger partial charge in [0.15, 0.2) is 11.5 Å². The van der Waals surface area contributed by atoms with Gasteiger partial charge in [0.05, 0.1) is 11.8 Å². The van der Waals surface area contributed by atoms with Gasteiger partial charge in [-0.2, -0.15) is 13.2 Å². The summed E-state index contributed by atoms with van der Waals surface area (Å²) < 4.78 is 38.8. The summed E-state index contributed by atoms with van der Waals surface area (Å²) in [7, 11) is 3.44. The van der Waals surface area contributed by atoms with Crippen molar-refractivity contribution in [1.29, 1.82) is 0 Å². The number of rotatable bonds is 3. The minimum atomic E-state index is -4.68. The molecule has 1 amide bonds.